The zero-order valence-corrected chi connectivity index (χ0v) is 7.05. The quantitative estimate of drug-likeness (QED) is 0.570. The third kappa shape index (κ3) is 1.34. The Morgan fingerprint density at radius 2 is 2.45 bits per heavy atom. The smallest absolute Gasteiger partial charge is 0.00457 e. The number of hydrogen-bond donors (Lipinski definition) is 1. The van der Waals surface area contributed by atoms with E-state index < -0.39 is 0 Å². The largest absolute Gasteiger partial charge is 0.330 e. The van der Waals surface area contributed by atoms with Crippen LogP contribution in [0.3, 0.4) is 0 Å². The minimum Gasteiger partial charge on any atom is -0.330 e. The molecule has 2 unspecified atom stereocenters. The monoisotopic (exact) mass is 151 g/mol. The van der Waals surface area contributed by atoms with Crippen molar-refractivity contribution in [2.24, 2.45) is 17.6 Å². The Morgan fingerprint density at radius 1 is 1.55 bits per heavy atom. The molecule has 0 heterocycles. The zero-order chi connectivity index (χ0) is 7.68. The number of nitrogens with two attached hydrogens (primary N) is 1. The average molecular weight is 151 g/mol. The molecule has 0 spiro atoms. The van der Waals surface area contributed by atoms with Gasteiger partial charge in [0.1, 0.15) is 0 Å². The average Bonchev–Trinajstić information content (AvgIpc) is 2.50. The summed E-state index contributed by atoms with van der Waals surface area (Å²) in [6, 6.07) is 0. The number of rotatable bonds is 1. The second kappa shape index (κ2) is 2.98. The van der Waals surface area contributed by atoms with Crippen molar-refractivity contribution in [1.82, 2.24) is 0 Å². The van der Waals surface area contributed by atoms with E-state index in [1.165, 1.54) is 32.1 Å². The summed E-state index contributed by atoms with van der Waals surface area (Å²) >= 11 is 0. The summed E-state index contributed by atoms with van der Waals surface area (Å²) in [5.41, 5.74) is 7.40. The minimum atomic E-state index is 0.793. The van der Waals surface area contributed by atoms with Crippen LogP contribution in [0.1, 0.15) is 32.1 Å². The first-order valence-electron chi connectivity index (χ1n) is 4.79. The lowest BCUT2D eigenvalue weighted by molar-refractivity contribution is 0.397. The van der Waals surface area contributed by atoms with E-state index in [0.29, 0.717) is 0 Å². The molecule has 2 N–H and O–H groups in total. The lowest BCUT2D eigenvalue weighted by Crippen LogP contribution is -2.20. The van der Waals surface area contributed by atoms with Crippen molar-refractivity contribution >= 4 is 0 Å². The van der Waals surface area contributed by atoms with E-state index in [4.69, 9.17) is 5.73 Å². The standard InChI is InChI=1S/C10H17N/c11-7-8-4-5-9-2-1-3-10(9)6-8/h5,8,10H,1-4,6-7,11H2. The van der Waals surface area contributed by atoms with Gasteiger partial charge in [0, 0.05) is 0 Å². The fraction of sp³-hybridized carbons (Fsp3) is 0.800. The Labute approximate surface area is 68.7 Å². The molecule has 0 aliphatic heterocycles. The summed E-state index contributed by atoms with van der Waals surface area (Å²) in [6.45, 7) is 0.889. The summed E-state index contributed by atoms with van der Waals surface area (Å²) in [5.74, 6) is 1.72. The van der Waals surface area contributed by atoms with Gasteiger partial charge in [0.05, 0.1) is 0 Å². The second-order valence-corrected chi connectivity index (χ2v) is 3.94. The van der Waals surface area contributed by atoms with Gasteiger partial charge >= 0.3 is 0 Å². The molecule has 2 atom stereocenters. The van der Waals surface area contributed by atoms with Crippen molar-refractivity contribution in [3.63, 3.8) is 0 Å². The molecule has 0 aromatic carbocycles. The molecule has 1 saturated carbocycles. The van der Waals surface area contributed by atoms with Crippen LogP contribution in [-0.4, -0.2) is 6.54 Å². The van der Waals surface area contributed by atoms with Gasteiger partial charge < -0.3 is 5.73 Å². The summed E-state index contributed by atoms with van der Waals surface area (Å²) in [4.78, 5) is 0. The highest BCUT2D eigenvalue weighted by molar-refractivity contribution is 5.14. The van der Waals surface area contributed by atoms with Crippen molar-refractivity contribution in [1.29, 1.82) is 0 Å². The van der Waals surface area contributed by atoms with Crippen LogP contribution in [0.2, 0.25) is 0 Å². The number of allylic oxidation sites excluding steroid dienone is 2. The van der Waals surface area contributed by atoms with Crippen LogP contribution < -0.4 is 5.73 Å². The number of fused-ring (bicyclic) bond motifs is 1. The van der Waals surface area contributed by atoms with Gasteiger partial charge in [-0.2, -0.15) is 0 Å². The fourth-order valence-electron chi connectivity index (χ4n) is 2.49. The van der Waals surface area contributed by atoms with Crippen molar-refractivity contribution in [2.45, 2.75) is 32.1 Å². The van der Waals surface area contributed by atoms with E-state index in [0.717, 1.165) is 18.4 Å². The lowest BCUT2D eigenvalue weighted by atomic mass is 9.83. The Hall–Kier alpha value is -0.300. The van der Waals surface area contributed by atoms with E-state index in [1.54, 1.807) is 5.57 Å². The van der Waals surface area contributed by atoms with Crippen LogP contribution in [-0.2, 0) is 0 Å². The predicted octanol–water partition coefficient (Wildman–Crippen LogP) is 2.08. The first-order chi connectivity index (χ1) is 5.40. The van der Waals surface area contributed by atoms with Gasteiger partial charge in [-0.3, -0.25) is 0 Å². The molecule has 0 aromatic rings. The van der Waals surface area contributed by atoms with Gasteiger partial charge in [-0.25, -0.2) is 0 Å². The minimum absolute atomic E-state index is 0.793. The van der Waals surface area contributed by atoms with Crippen molar-refractivity contribution in [3.8, 4) is 0 Å². The lowest BCUT2D eigenvalue weighted by Gasteiger charge is -2.24. The molecular weight excluding hydrogens is 134 g/mol. The molecule has 1 nitrogen and oxygen atoms in total. The highest BCUT2D eigenvalue weighted by atomic mass is 14.6. The third-order valence-corrected chi connectivity index (χ3v) is 3.21. The van der Waals surface area contributed by atoms with E-state index in [-0.39, 0.29) is 0 Å². The van der Waals surface area contributed by atoms with Crippen molar-refractivity contribution in [3.05, 3.63) is 11.6 Å². The molecule has 0 amide bonds. The van der Waals surface area contributed by atoms with Gasteiger partial charge in [0.15, 0.2) is 0 Å². The second-order valence-electron chi connectivity index (χ2n) is 3.94. The van der Waals surface area contributed by atoms with Crippen LogP contribution in [0.15, 0.2) is 11.6 Å². The van der Waals surface area contributed by atoms with Crippen molar-refractivity contribution < 1.29 is 0 Å². The maximum Gasteiger partial charge on any atom is -0.00457 e. The van der Waals surface area contributed by atoms with Gasteiger partial charge in [0.25, 0.3) is 0 Å². The maximum absolute atomic E-state index is 5.66. The first kappa shape index (κ1) is 7.35. The van der Waals surface area contributed by atoms with Gasteiger partial charge in [-0.05, 0) is 50.5 Å². The molecule has 0 bridgehead atoms. The van der Waals surface area contributed by atoms with E-state index in [2.05, 4.69) is 6.08 Å². The van der Waals surface area contributed by atoms with Crippen molar-refractivity contribution in [2.75, 3.05) is 6.54 Å². The maximum atomic E-state index is 5.66. The van der Waals surface area contributed by atoms with Gasteiger partial charge in [-0.15, -0.1) is 0 Å². The molecule has 2 rings (SSSR count). The van der Waals surface area contributed by atoms with E-state index >= 15 is 0 Å². The summed E-state index contributed by atoms with van der Waals surface area (Å²) in [7, 11) is 0. The molecule has 1 fully saturated rings. The molecule has 0 saturated heterocycles. The molecule has 2 aliphatic carbocycles. The Kier molecular flexibility index (Phi) is 1.99. The predicted molar refractivity (Wildman–Crippen MR) is 47.2 cm³/mol. The van der Waals surface area contributed by atoms with E-state index in [9.17, 15) is 0 Å². The molecule has 0 radical (unpaired) electrons. The molecular formula is C10H17N. The Morgan fingerprint density at radius 3 is 3.27 bits per heavy atom. The Balaban J connectivity index is 2.04. The molecule has 0 aromatic heterocycles. The van der Waals surface area contributed by atoms with Crippen LogP contribution >= 0.6 is 0 Å². The van der Waals surface area contributed by atoms with Gasteiger partial charge in [-0.1, -0.05) is 11.6 Å². The zero-order valence-electron chi connectivity index (χ0n) is 7.05. The topological polar surface area (TPSA) is 26.0 Å². The third-order valence-electron chi connectivity index (χ3n) is 3.21. The highest BCUT2D eigenvalue weighted by Crippen LogP contribution is 2.39. The summed E-state index contributed by atoms with van der Waals surface area (Å²) in [6.07, 6.45) is 9.32. The Bertz CT molecular complexity index is 172. The van der Waals surface area contributed by atoms with Crippen LogP contribution in [0, 0.1) is 11.8 Å². The summed E-state index contributed by atoms with van der Waals surface area (Å²) in [5, 5.41) is 0. The highest BCUT2D eigenvalue weighted by Gasteiger charge is 2.26. The summed E-state index contributed by atoms with van der Waals surface area (Å²) < 4.78 is 0. The van der Waals surface area contributed by atoms with Crippen LogP contribution in [0.4, 0.5) is 0 Å². The SMILES string of the molecule is NCC1CC=C2CCCC2C1. The van der Waals surface area contributed by atoms with E-state index in [1.807, 2.05) is 0 Å². The molecule has 62 valence electrons. The molecule has 2 aliphatic rings. The molecule has 11 heavy (non-hydrogen) atoms. The van der Waals surface area contributed by atoms with Crippen LogP contribution in [0.25, 0.3) is 0 Å². The first-order valence-corrected chi connectivity index (χ1v) is 4.79. The molecule has 1 heteroatoms. The van der Waals surface area contributed by atoms with Gasteiger partial charge in [0.2, 0.25) is 0 Å². The number of hydrogen-bond acceptors (Lipinski definition) is 1. The van der Waals surface area contributed by atoms with Crippen LogP contribution in [0.5, 0.6) is 0 Å². The normalized spacial score (nSPS) is 36.6. The fourth-order valence-corrected chi connectivity index (χ4v) is 2.49.